The van der Waals surface area contributed by atoms with Gasteiger partial charge in [0.15, 0.2) is 0 Å². The van der Waals surface area contributed by atoms with Gasteiger partial charge in [0.1, 0.15) is 12.4 Å². The Morgan fingerprint density at radius 3 is 2.48 bits per heavy atom. The largest absolute Gasteiger partial charge is 0.489 e. The maximum Gasteiger partial charge on any atom is 0.119 e. The standard InChI is InChI=1S/C17H17Br2NO/c18-14-3-7-16(8-4-14)21-11-13-2-1-12(9-17(13)19)10-20-15-5-6-15/h1-4,7-9,15,20H,5-6,10-11H2. The molecule has 2 aromatic rings. The summed E-state index contributed by atoms with van der Waals surface area (Å²) in [5.41, 5.74) is 2.47. The number of hydrogen-bond acceptors (Lipinski definition) is 2. The number of rotatable bonds is 6. The van der Waals surface area contributed by atoms with Crippen molar-refractivity contribution >= 4 is 31.9 Å². The van der Waals surface area contributed by atoms with E-state index in [1.54, 1.807) is 0 Å². The van der Waals surface area contributed by atoms with Gasteiger partial charge in [-0.25, -0.2) is 0 Å². The van der Waals surface area contributed by atoms with E-state index in [9.17, 15) is 0 Å². The van der Waals surface area contributed by atoms with E-state index in [0.717, 1.165) is 32.8 Å². The van der Waals surface area contributed by atoms with Crippen molar-refractivity contribution in [3.63, 3.8) is 0 Å². The Morgan fingerprint density at radius 2 is 1.81 bits per heavy atom. The third-order valence-corrected chi connectivity index (χ3v) is 4.76. The molecule has 2 aromatic carbocycles. The predicted molar refractivity (Wildman–Crippen MR) is 92.5 cm³/mol. The number of halogens is 2. The van der Waals surface area contributed by atoms with E-state index >= 15 is 0 Å². The van der Waals surface area contributed by atoms with Gasteiger partial charge in [-0.1, -0.05) is 44.0 Å². The first-order valence-corrected chi connectivity index (χ1v) is 8.68. The summed E-state index contributed by atoms with van der Waals surface area (Å²) in [6.45, 7) is 1.51. The fraction of sp³-hybridized carbons (Fsp3) is 0.294. The zero-order chi connectivity index (χ0) is 14.7. The van der Waals surface area contributed by atoms with Gasteiger partial charge in [-0.05, 0) is 48.7 Å². The van der Waals surface area contributed by atoms with E-state index < -0.39 is 0 Å². The summed E-state index contributed by atoms with van der Waals surface area (Å²) in [5, 5.41) is 3.53. The van der Waals surface area contributed by atoms with Gasteiger partial charge in [0, 0.05) is 27.1 Å². The van der Waals surface area contributed by atoms with Gasteiger partial charge in [0.25, 0.3) is 0 Å². The second kappa shape index (κ2) is 6.95. The first-order valence-electron chi connectivity index (χ1n) is 7.10. The summed E-state index contributed by atoms with van der Waals surface area (Å²) >= 11 is 7.06. The topological polar surface area (TPSA) is 21.3 Å². The van der Waals surface area contributed by atoms with Crippen LogP contribution in [-0.2, 0) is 13.2 Å². The van der Waals surface area contributed by atoms with Gasteiger partial charge >= 0.3 is 0 Å². The van der Waals surface area contributed by atoms with Crippen LogP contribution in [0.25, 0.3) is 0 Å². The van der Waals surface area contributed by atoms with Gasteiger partial charge in [0.05, 0.1) is 0 Å². The maximum atomic E-state index is 5.81. The molecule has 1 aliphatic carbocycles. The molecule has 0 amide bonds. The van der Waals surface area contributed by atoms with Crippen LogP contribution in [0.3, 0.4) is 0 Å². The van der Waals surface area contributed by atoms with E-state index in [0.29, 0.717) is 6.61 Å². The van der Waals surface area contributed by atoms with Crippen LogP contribution in [0.4, 0.5) is 0 Å². The number of nitrogens with one attached hydrogen (secondary N) is 1. The lowest BCUT2D eigenvalue weighted by molar-refractivity contribution is 0.305. The van der Waals surface area contributed by atoms with E-state index in [4.69, 9.17) is 4.74 Å². The van der Waals surface area contributed by atoms with Crippen LogP contribution in [0.2, 0.25) is 0 Å². The average Bonchev–Trinajstić information content (AvgIpc) is 3.30. The Kier molecular flexibility index (Phi) is 4.99. The molecule has 0 heterocycles. The highest BCUT2D eigenvalue weighted by atomic mass is 79.9. The van der Waals surface area contributed by atoms with Crippen molar-refractivity contribution in [2.75, 3.05) is 0 Å². The Bertz CT molecular complexity index is 609. The Balaban J connectivity index is 1.58. The van der Waals surface area contributed by atoms with E-state index in [-0.39, 0.29) is 0 Å². The highest BCUT2D eigenvalue weighted by molar-refractivity contribution is 9.10. The molecule has 2 nitrogen and oxygen atoms in total. The zero-order valence-electron chi connectivity index (χ0n) is 11.6. The number of hydrogen-bond donors (Lipinski definition) is 1. The third-order valence-electron chi connectivity index (χ3n) is 3.50. The molecule has 110 valence electrons. The molecule has 1 N–H and O–H groups in total. The summed E-state index contributed by atoms with van der Waals surface area (Å²) in [5.74, 6) is 0.879. The highest BCUT2D eigenvalue weighted by Crippen LogP contribution is 2.23. The lowest BCUT2D eigenvalue weighted by Crippen LogP contribution is -2.15. The second-order valence-electron chi connectivity index (χ2n) is 5.32. The van der Waals surface area contributed by atoms with Crippen molar-refractivity contribution in [1.29, 1.82) is 0 Å². The molecule has 0 unspecified atom stereocenters. The molecule has 1 fully saturated rings. The molecule has 1 saturated carbocycles. The van der Waals surface area contributed by atoms with Crippen LogP contribution in [-0.4, -0.2) is 6.04 Å². The molecular formula is C17H17Br2NO. The minimum Gasteiger partial charge on any atom is -0.489 e. The molecule has 3 rings (SSSR count). The first kappa shape index (κ1) is 15.1. The quantitative estimate of drug-likeness (QED) is 0.719. The SMILES string of the molecule is Brc1ccc(OCc2ccc(CNC3CC3)cc2Br)cc1. The summed E-state index contributed by atoms with van der Waals surface area (Å²) in [4.78, 5) is 0. The van der Waals surface area contributed by atoms with Crippen molar-refractivity contribution < 1.29 is 4.74 Å². The maximum absolute atomic E-state index is 5.81. The minimum absolute atomic E-state index is 0.568. The van der Waals surface area contributed by atoms with Crippen molar-refractivity contribution in [2.45, 2.75) is 32.0 Å². The smallest absolute Gasteiger partial charge is 0.119 e. The molecule has 0 aliphatic heterocycles. The Morgan fingerprint density at radius 1 is 1.05 bits per heavy atom. The molecule has 0 bridgehead atoms. The normalized spacial score (nSPS) is 14.2. The molecule has 21 heavy (non-hydrogen) atoms. The van der Waals surface area contributed by atoms with E-state index in [2.05, 4.69) is 55.4 Å². The number of benzene rings is 2. The minimum atomic E-state index is 0.568. The second-order valence-corrected chi connectivity index (χ2v) is 7.09. The molecule has 0 atom stereocenters. The first-order chi connectivity index (χ1) is 10.2. The van der Waals surface area contributed by atoms with Gasteiger partial charge < -0.3 is 10.1 Å². The highest BCUT2D eigenvalue weighted by Gasteiger charge is 2.19. The molecule has 0 aromatic heterocycles. The summed E-state index contributed by atoms with van der Waals surface area (Å²) in [6, 6.07) is 15.1. The summed E-state index contributed by atoms with van der Waals surface area (Å²) in [7, 11) is 0. The molecule has 0 saturated heterocycles. The average molecular weight is 411 g/mol. The molecular weight excluding hydrogens is 394 g/mol. The molecule has 0 radical (unpaired) electrons. The monoisotopic (exact) mass is 409 g/mol. The Hall–Kier alpha value is -0.840. The molecule has 1 aliphatic rings. The van der Waals surface area contributed by atoms with E-state index in [1.165, 1.54) is 18.4 Å². The molecule has 0 spiro atoms. The third kappa shape index (κ3) is 4.56. The van der Waals surface area contributed by atoms with Crippen LogP contribution in [0, 0.1) is 0 Å². The van der Waals surface area contributed by atoms with Gasteiger partial charge in [0.2, 0.25) is 0 Å². The van der Waals surface area contributed by atoms with Crippen molar-refractivity contribution in [2.24, 2.45) is 0 Å². The van der Waals surface area contributed by atoms with Gasteiger partial charge in [-0.2, -0.15) is 0 Å². The van der Waals surface area contributed by atoms with Crippen LogP contribution >= 0.6 is 31.9 Å². The number of ether oxygens (including phenoxy) is 1. The zero-order valence-corrected chi connectivity index (χ0v) is 14.8. The fourth-order valence-corrected chi connectivity index (χ4v) is 2.86. The van der Waals surface area contributed by atoms with E-state index in [1.807, 2.05) is 24.3 Å². The van der Waals surface area contributed by atoms with Crippen LogP contribution in [0.1, 0.15) is 24.0 Å². The van der Waals surface area contributed by atoms with Crippen molar-refractivity contribution in [3.05, 3.63) is 62.5 Å². The van der Waals surface area contributed by atoms with Crippen molar-refractivity contribution in [3.8, 4) is 5.75 Å². The summed E-state index contributed by atoms with van der Waals surface area (Å²) in [6.07, 6.45) is 2.64. The Labute approximate surface area is 142 Å². The van der Waals surface area contributed by atoms with Crippen molar-refractivity contribution in [1.82, 2.24) is 5.32 Å². The van der Waals surface area contributed by atoms with Crippen LogP contribution < -0.4 is 10.1 Å². The van der Waals surface area contributed by atoms with Crippen LogP contribution in [0.15, 0.2) is 51.4 Å². The fourth-order valence-electron chi connectivity index (χ4n) is 2.06. The van der Waals surface area contributed by atoms with Gasteiger partial charge in [-0.15, -0.1) is 0 Å². The van der Waals surface area contributed by atoms with Crippen LogP contribution in [0.5, 0.6) is 5.75 Å². The lowest BCUT2D eigenvalue weighted by atomic mass is 10.1. The van der Waals surface area contributed by atoms with Gasteiger partial charge in [-0.3, -0.25) is 0 Å². The lowest BCUT2D eigenvalue weighted by Gasteiger charge is -2.10. The summed E-state index contributed by atoms with van der Waals surface area (Å²) < 4.78 is 7.97. The molecule has 4 heteroatoms. The predicted octanol–water partition coefficient (Wildman–Crippen LogP) is 5.04.